The van der Waals surface area contributed by atoms with Crippen LogP contribution in [0.4, 0.5) is 0 Å². The van der Waals surface area contributed by atoms with Crippen LogP contribution in [0, 0.1) is 0 Å². The third-order valence-corrected chi connectivity index (χ3v) is 3.97. The van der Waals surface area contributed by atoms with E-state index in [2.05, 4.69) is 0 Å². The van der Waals surface area contributed by atoms with Gasteiger partial charge in [0.25, 0.3) is 0 Å². The van der Waals surface area contributed by atoms with Crippen LogP contribution in [0.3, 0.4) is 0 Å². The molecule has 0 heterocycles. The van der Waals surface area contributed by atoms with Crippen LogP contribution >= 0.6 is 8.25 Å². The summed E-state index contributed by atoms with van der Waals surface area (Å²) in [7, 11) is -2.04. The van der Waals surface area contributed by atoms with Crippen LogP contribution in [0.1, 0.15) is 24.0 Å². The van der Waals surface area contributed by atoms with E-state index >= 15 is 0 Å². The van der Waals surface area contributed by atoms with Gasteiger partial charge in [0.2, 0.25) is 0 Å². The van der Waals surface area contributed by atoms with Crippen molar-refractivity contribution in [2.45, 2.75) is 12.8 Å². The molecule has 124 valence electrons. The van der Waals surface area contributed by atoms with Crippen LogP contribution in [0.25, 0.3) is 12.2 Å². The lowest BCUT2D eigenvalue weighted by atomic mass is 10.2. The molecule has 2 rings (SSSR count). The minimum Gasteiger partial charge on any atom is -0.119 e. The summed E-state index contributed by atoms with van der Waals surface area (Å²) in [5.74, 6) is 0. The maximum atomic E-state index is 11.6. The summed E-state index contributed by atoms with van der Waals surface area (Å²) >= 11 is 0. The molecule has 4 heteroatoms. The fourth-order valence-corrected chi connectivity index (χ4v) is 2.58. The van der Waals surface area contributed by atoms with Crippen molar-refractivity contribution in [3.63, 3.8) is 0 Å². The molecule has 0 radical (unpaired) electrons. The van der Waals surface area contributed by atoms with Crippen molar-refractivity contribution in [1.29, 1.82) is 0 Å². The Hall–Kier alpha value is -2.06. The zero-order valence-electron chi connectivity index (χ0n) is 13.6. The van der Waals surface area contributed by atoms with E-state index in [0.29, 0.717) is 26.1 Å². The first-order valence-electron chi connectivity index (χ1n) is 8.01. The van der Waals surface area contributed by atoms with Gasteiger partial charge in [0.15, 0.2) is 0 Å². The van der Waals surface area contributed by atoms with Gasteiger partial charge >= 0.3 is 8.25 Å². The van der Waals surface area contributed by atoms with Gasteiger partial charge in [-0.3, -0.25) is 0 Å². The van der Waals surface area contributed by atoms with Gasteiger partial charge < -0.3 is 0 Å². The van der Waals surface area contributed by atoms with Crippen molar-refractivity contribution >= 4 is 20.4 Å². The van der Waals surface area contributed by atoms with Gasteiger partial charge in [-0.05, 0) is 24.0 Å². The summed E-state index contributed by atoms with van der Waals surface area (Å²) < 4.78 is 21.9. The zero-order chi connectivity index (χ0) is 16.9. The van der Waals surface area contributed by atoms with Crippen LogP contribution in [0.5, 0.6) is 0 Å². The largest absolute Gasteiger partial charge is 0.697 e. The van der Waals surface area contributed by atoms with Crippen LogP contribution in [-0.2, 0) is 13.6 Å². The van der Waals surface area contributed by atoms with E-state index in [4.69, 9.17) is 9.05 Å². The predicted molar refractivity (Wildman–Crippen MR) is 99.7 cm³/mol. The molecule has 0 N–H and O–H groups in total. The molecule has 3 nitrogen and oxygen atoms in total. The van der Waals surface area contributed by atoms with E-state index < -0.39 is 8.25 Å². The third-order valence-electron chi connectivity index (χ3n) is 3.18. The molecule has 2 aromatic carbocycles. The monoisotopic (exact) mass is 341 g/mol. The molecule has 0 spiro atoms. The minimum absolute atomic E-state index is 0.387. The van der Waals surface area contributed by atoms with Gasteiger partial charge in [0, 0.05) is 4.57 Å². The lowest BCUT2D eigenvalue weighted by molar-refractivity contribution is 0.231. The zero-order valence-corrected chi connectivity index (χ0v) is 14.5. The Bertz CT molecular complexity index is 594. The van der Waals surface area contributed by atoms with Crippen LogP contribution in [0.15, 0.2) is 72.8 Å². The van der Waals surface area contributed by atoms with Gasteiger partial charge in [-0.2, -0.15) is 0 Å². The van der Waals surface area contributed by atoms with Crippen molar-refractivity contribution in [1.82, 2.24) is 0 Å². The predicted octanol–water partition coefficient (Wildman–Crippen LogP) is 5.88. The Morgan fingerprint density at radius 3 is 1.54 bits per heavy atom. The van der Waals surface area contributed by atoms with Gasteiger partial charge in [0.05, 0.1) is 0 Å². The summed E-state index contributed by atoms with van der Waals surface area (Å²) in [6.45, 7) is 0.775. The number of hydrogen-bond acceptors (Lipinski definition) is 3. The Balaban J connectivity index is 1.52. The third kappa shape index (κ3) is 7.98. The number of rotatable bonds is 10. The second kappa shape index (κ2) is 11.5. The molecule has 0 aliphatic carbocycles. The molecular formula is C20H22O3P+. The Morgan fingerprint density at radius 2 is 1.12 bits per heavy atom. The maximum absolute atomic E-state index is 11.6. The molecule has 2 aromatic rings. The van der Waals surface area contributed by atoms with E-state index in [-0.39, 0.29) is 0 Å². The van der Waals surface area contributed by atoms with Crippen LogP contribution in [0.2, 0.25) is 0 Å². The summed E-state index contributed by atoms with van der Waals surface area (Å²) in [4.78, 5) is 0. The smallest absolute Gasteiger partial charge is 0.119 e. The van der Waals surface area contributed by atoms with Crippen LogP contribution in [-0.4, -0.2) is 13.2 Å². The number of hydrogen-bond donors (Lipinski definition) is 0. The second-order valence-corrected chi connectivity index (χ2v) is 6.06. The molecule has 0 saturated heterocycles. The summed E-state index contributed by atoms with van der Waals surface area (Å²) in [5, 5.41) is 0. The average Bonchev–Trinajstić information content (AvgIpc) is 2.63. The molecule has 0 bridgehead atoms. The lowest BCUT2D eigenvalue weighted by Crippen LogP contribution is -1.89. The summed E-state index contributed by atoms with van der Waals surface area (Å²) in [6, 6.07) is 20.1. The molecule has 0 atom stereocenters. The highest BCUT2D eigenvalue weighted by molar-refractivity contribution is 7.33. The van der Waals surface area contributed by atoms with Crippen molar-refractivity contribution in [3.8, 4) is 0 Å². The molecule has 0 aliphatic heterocycles. The first-order chi connectivity index (χ1) is 11.8. The molecule has 0 saturated carbocycles. The van der Waals surface area contributed by atoms with Gasteiger partial charge in [-0.15, -0.1) is 9.05 Å². The number of benzene rings is 2. The summed E-state index contributed by atoms with van der Waals surface area (Å²) in [5.41, 5.74) is 2.28. The molecular weight excluding hydrogens is 319 g/mol. The van der Waals surface area contributed by atoms with Crippen LogP contribution < -0.4 is 0 Å². The Morgan fingerprint density at radius 1 is 0.708 bits per heavy atom. The SMILES string of the molecule is O=[P+](OCCC=Cc1ccccc1)OCCC=Cc1ccccc1. The maximum Gasteiger partial charge on any atom is 0.697 e. The quantitative estimate of drug-likeness (QED) is 0.399. The normalized spacial score (nSPS) is 12.1. The van der Waals surface area contributed by atoms with Gasteiger partial charge in [-0.25, -0.2) is 0 Å². The van der Waals surface area contributed by atoms with Crippen molar-refractivity contribution < 1.29 is 13.6 Å². The lowest BCUT2D eigenvalue weighted by Gasteiger charge is -1.92. The first kappa shape index (κ1) is 18.3. The topological polar surface area (TPSA) is 35.5 Å². The van der Waals surface area contributed by atoms with Gasteiger partial charge in [-0.1, -0.05) is 85.0 Å². The van der Waals surface area contributed by atoms with Crippen molar-refractivity contribution in [2.24, 2.45) is 0 Å². The van der Waals surface area contributed by atoms with E-state index in [1.807, 2.05) is 85.0 Å². The standard InChI is InChI=1S/C20H22O3P/c21-24(22-17-9-7-15-19-11-3-1-4-12-19)23-18-10-8-16-20-13-5-2-6-14-20/h1-8,11-16H,9-10,17-18H2/q+1. The second-order valence-electron chi connectivity index (χ2n) is 5.09. The van der Waals surface area contributed by atoms with E-state index in [9.17, 15) is 4.57 Å². The van der Waals surface area contributed by atoms with E-state index in [0.717, 1.165) is 11.1 Å². The Kier molecular flexibility index (Phi) is 8.74. The first-order valence-corrected chi connectivity index (χ1v) is 9.10. The van der Waals surface area contributed by atoms with E-state index in [1.54, 1.807) is 0 Å². The molecule has 0 aliphatic rings. The van der Waals surface area contributed by atoms with E-state index in [1.165, 1.54) is 0 Å². The molecule has 0 unspecified atom stereocenters. The summed E-state index contributed by atoms with van der Waals surface area (Å²) in [6.07, 6.45) is 9.44. The Labute approximate surface area is 144 Å². The fourth-order valence-electron chi connectivity index (χ4n) is 1.99. The fraction of sp³-hybridized carbons (Fsp3) is 0.200. The molecule has 24 heavy (non-hydrogen) atoms. The minimum atomic E-state index is -2.04. The highest BCUT2D eigenvalue weighted by atomic mass is 31.1. The molecule has 0 amide bonds. The highest BCUT2D eigenvalue weighted by Gasteiger charge is 2.18. The molecule has 0 fully saturated rings. The van der Waals surface area contributed by atoms with Crippen molar-refractivity contribution in [2.75, 3.05) is 13.2 Å². The van der Waals surface area contributed by atoms with Gasteiger partial charge in [0.1, 0.15) is 13.2 Å². The molecule has 0 aromatic heterocycles. The highest BCUT2D eigenvalue weighted by Crippen LogP contribution is 2.24. The average molecular weight is 341 g/mol. The van der Waals surface area contributed by atoms with Crippen molar-refractivity contribution in [3.05, 3.63) is 83.9 Å².